The Kier molecular flexibility index (Phi) is 5.97. The lowest BCUT2D eigenvalue weighted by Crippen LogP contribution is -2.54. The summed E-state index contributed by atoms with van der Waals surface area (Å²) in [5.74, 6) is -1.63. The maximum atomic E-state index is 13.1. The lowest BCUT2D eigenvalue weighted by atomic mass is 9.93. The van der Waals surface area contributed by atoms with E-state index < -0.39 is 36.7 Å². The van der Waals surface area contributed by atoms with Gasteiger partial charge in [-0.1, -0.05) is 30.3 Å². The van der Waals surface area contributed by atoms with Crippen molar-refractivity contribution in [2.24, 2.45) is 5.73 Å². The molecule has 6 nitrogen and oxygen atoms in total. The van der Waals surface area contributed by atoms with E-state index in [1.807, 2.05) is 12.1 Å². The van der Waals surface area contributed by atoms with Gasteiger partial charge in [-0.3, -0.25) is 9.78 Å². The topological polar surface area (TPSA) is 97.5 Å². The average molecular weight is 395 g/mol. The SMILES string of the molecule is NC1(c2ccc(-c3ccc([C@H](O)[C@@H](CF)NC(=O)C(F)F)cc3)cn2)COC1. The minimum absolute atomic E-state index is 0.290. The number of ether oxygens (including phenoxy) is 1. The van der Waals surface area contributed by atoms with E-state index in [1.54, 1.807) is 23.6 Å². The normalized spacial score (nSPS) is 17.6. The van der Waals surface area contributed by atoms with Crippen molar-refractivity contribution in [1.29, 1.82) is 0 Å². The summed E-state index contributed by atoms with van der Waals surface area (Å²) in [5, 5.41) is 12.0. The van der Waals surface area contributed by atoms with E-state index >= 15 is 0 Å². The molecule has 0 spiro atoms. The number of nitrogens with zero attached hydrogens (tertiary/aromatic N) is 1. The van der Waals surface area contributed by atoms with Gasteiger partial charge in [0.1, 0.15) is 18.3 Å². The molecule has 0 bridgehead atoms. The number of halogens is 3. The van der Waals surface area contributed by atoms with Crippen LogP contribution < -0.4 is 11.1 Å². The molecule has 150 valence electrons. The fraction of sp³-hybridized carbons (Fsp3) is 0.368. The van der Waals surface area contributed by atoms with Crippen molar-refractivity contribution in [1.82, 2.24) is 10.3 Å². The third-order valence-electron chi connectivity index (χ3n) is 4.65. The van der Waals surface area contributed by atoms with Gasteiger partial charge in [0, 0.05) is 11.8 Å². The van der Waals surface area contributed by atoms with Crippen molar-refractivity contribution in [2.75, 3.05) is 19.9 Å². The molecule has 2 heterocycles. The van der Waals surface area contributed by atoms with Gasteiger partial charge < -0.3 is 20.9 Å². The number of hydrogen-bond donors (Lipinski definition) is 3. The van der Waals surface area contributed by atoms with Gasteiger partial charge in [0.2, 0.25) is 0 Å². The molecule has 1 saturated heterocycles. The maximum absolute atomic E-state index is 13.1. The smallest absolute Gasteiger partial charge is 0.315 e. The first-order valence-electron chi connectivity index (χ1n) is 8.60. The summed E-state index contributed by atoms with van der Waals surface area (Å²) in [6.07, 6.45) is -3.07. The fourth-order valence-corrected chi connectivity index (χ4v) is 2.88. The Morgan fingerprint density at radius 2 is 1.86 bits per heavy atom. The molecule has 0 radical (unpaired) electrons. The van der Waals surface area contributed by atoms with E-state index in [0.717, 1.165) is 16.8 Å². The molecule has 1 aliphatic rings. The van der Waals surface area contributed by atoms with E-state index in [4.69, 9.17) is 10.5 Å². The summed E-state index contributed by atoms with van der Waals surface area (Å²) in [4.78, 5) is 15.4. The third kappa shape index (κ3) is 4.16. The Labute approximate surface area is 159 Å². The molecule has 1 fully saturated rings. The zero-order chi connectivity index (χ0) is 20.3. The van der Waals surface area contributed by atoms with Crippen LogP contribution in [0, 0.1) is 0 Å². The number of benzene rings is 1. The van der Waals surface area contributed by atoms with E-state index in [2.05, 4.69) is 4.98 Å². The van der Waals surface area contributed by atoms with E-state index in [-0.39, 0.29) is 5.56 Å². The number of rotatable bonds is 7. The standard InChI is InChI=1S/C19H20F3N3O3/c20-7-14(25-18(27)17(21)22)16(26)12-3-1-11(2-4-12)13-5-6-15(24-8-13)19(23)9-28-10-19/h1-6,8,14,16-17,26H,7,9-10,23H2,(H,25,27)/t14-,16+/m1/s1. The molecule has 2 atom stereocenters. The summed E-state index contributed by atoms with van der Waals surface area (Å²) in [7, 11) is 0. The summed E-state index contributed by atoms with van der Waals surface area (Å²) in [6, 6.07) is 8.66. The molecule has 0 unspecified atom stereocenters. The fourth-order valence-electron chi connectivity index (χ4n) is 2.88. The first kappa shape index (κ1) is 20.2. The number of carbonyl (C=O) groups excluding carboxylic acids is 1. The summed E-state index contributed by atoms with van der Waals surface area (Å²) in [5.41, 5.74) is 8.20. The van der Waals surface area contributed by atoms with Gasteiger partial charge in [0.05, 0.1) is 24.9 Å². The van der Waals surface area contributed by atoms with Crippen molar-refractivity contribution in [2.45, 2.75) is 24.1 Å². The number of aliphatic hydroxyl groups excluding tert-OH is 1. The first-order valence-corrected chi connectivity index (χ1v) is 8.60. The first-order chi connectivity index (χ1) is 13.3. The van der Waals surface area contributed by atoms with E-state index in [1.165, 1.54) is 12.1 Å². The maximum Gasteiger partial charge on any atom is 0.315 e. The van der Waals surface area contributed by atoms with Crippen molar-refractivity contribution in [3.63, 3.8) is 0 Å². The zero-order valence-electron chi connectivity index (χ0n) is 14.8. The van der Waals surface area contributed by atoms with Crippen LogP contribution in [0.25, 0.3) is 11.1 Å². The quantitative estimate of drug-likeness (QED) is 0.663. The molecule has 1 aromatic carbocycles. The number of carbonyl (C=O) groups is 1. The predicted octanol–water partition coefficient (Wildman–Crippen LogP) is 1.69. The van der Waals surface area contributed by atoms with Gasteiger partial charge in [-0.25, -0.2) is 4.39 Å². The lowest BCUT2D eigenvalue weighted by Gasteiger charge is -2.37. The second-order valence-corrected chi connectivity index (χ2v) is 6.72. The van der Waals surface area contributed by atoms with Crippen LogP contribution in [0.3, 0.4) is 0 Å². The zero-order valence-corrected chi connectivity index (χ0v) is 14.8. The molecule has 0 saturated carbocycles. The Morgan fingerprint density at radius 1 is 1.21 bits per heavy atom. The second kappa shape index (κ2) is 8.26. The van der Waals surface area contributed by atoms with E-state index in [9.17, 15) is 23.1 Å². The molecule has 28 heavy (non-hydrogen) atoms. The Morgan fingerprint density at radius 3 is 2.32 bits per heavy atom. The van der Waals surface area contributed by atoms with Crippen LogP contribution in [0.2, 0.25) is 0 Å². The lowest BCUT2D eigenvalue weighted by molar-refractivity contribution is -0.133. The Hall–Kier alpha value is -2.49. The van der Waals surface area contributed by atoms with Crippen LogP contribution in [-0.2, 0) is 15.1 Å². The van der Waals surface area contributed by atoms with Gasteiger partial charge in [0.15, 0.2) is 0 Å². The monoisotopic (exact) mass is 395 g/mol. The van der Waals surface area contributed by atoms with Gasteiger partial charge in [0.25, 0.3) is 5.91 Å². The molecule has 9 heteroatoms. The highest BCUT2D eigenvalue weighted by Crippen LogP contribution is 2.28. The second-order valence-electron chi connectivity index (χ2n) is 6.72. The largest absolute Gasteiger partial charge is 0.386 e. The summed E-state index contributed by atoms with van der Waals surface area (Å²) >= 11 is 0. The summed E-state index contributed by atoms with van der Waals surface area (Å²) in [6.45, 7) is -0.342. The van der Waals surface area contributed by atoms with Crippen LogP contribution in [-0.4, -0.2) is 48.4 Å². The van der Waals surface area contributed by atoms with Gasteiger partial charge in [-0.2, -0.15) is 8.78 Å². The third-order valence-corrected chi connectivity index (χ3v) is 4.65. The number of aromatic nitrogens is 1. The number of amides is 1. The highest BCUT2D eigenvalue weighted by Gasteiger charge is 2.37. The molecular weight excluding hydrogens is 375 g/mol. The number of alkyl halides is 3. The van der Waals surface area contributed by atoms with Crippen LogP contribution in [0.15, 0.2) is 42.6 Å². The van der Waals surface area contributed by atoms with Crippen LogP contribution in [0.1, 0.15) is 17.4 Å². The Balaban J connectivity index is 1.71. The highest BCUT2D eigenvalue weighted by atomic mass is 19.3. The van der Waals surface area contributed by atoms with Gasteiger partial charge in [-0.15, -0.1) is 0 Å². The molecular formula is C19H20F3N3O3. The van der Waals surface area contributed by atoms with Crippen molar-refractivity contribution >= 4 is 5.91 Å². The van der Waals surface area contributed by atoms with Crippen LogP contribution in [0.4, 0.5) is 13.2 Å². The number of hydrogen-bond acceptors (Lipinski definition) is 5. The molecule has 1 aliphatic heterocycles. The molecule has 0 aliphatic carbocycles. The minimum Gasteiger partial charge on any atom is -0.386 e. The average Bonchev–Trinajstić information content (AvgIpc) is 2.69. The number of aliphatic hydroxyl groups is 1. The molecule has 2 aromatic rings. The number of pyridine rings is 1. The number of nitrogens with one attached hydrogen (secondary N) is 1. The van der Waals surface area contributed by atoms with Crippen LogP contribution in [0.5, 0.6) is 0 Å². The number of nitrogens with two attached hydrogens (primary N) is 1. The van der Waals surface area contributed by atoms with Crippen molar-refractivity contribution in [3.05, 3.63) is 53.9 Å². The molecule has 3 rings (SSSR count). The van der Waals surface area contributed by atoms with E-state index in [0.29, 0.717) is 13.2 Å². The highest BCUT2D eigenvalue weighted by molar-refractivity contribution is 5.79. The summed E-state index contributed by atoms with van der Waals surface area (Å²) < 4.78 is 42.9. The van der Waals surface area contributed by atoms with Gasteiger partial charge in [-0.05, 0) is 17.2 Å². The molecule has 4 N–H and O–H groups in total. The molecule has 1 amide bonds. The Bertz CT molecular complexity index is 811. The van der Waals surface area contributed by atoms with Crippen molar-refractivity contribution in [3.8, 4) is 11.1 Å². The van der Waals surface area contributed by atoms with Gasteiger partial charge >= 0.3 is 6.43 Å². The van der Waals surface area contributed by atoms with Crippen LogP contribution >= 0.6 is 0 Å². The molecule has 1 aromatic heterocycles. The predicted molar refractivity (Wildman–Crippen MR) is 95.2 cm³/mol. The minimum atomic E-state index is -3.28. The van der Waals surface area contributed by atoms with Crippen molar-refractivity contribution < 1.29 is 27.8 Å².